The highest BCUT2D eigenvalue weighted by Gasteiger charge is 2.37. The molecule has 0 saturated heterocycles. The summed E-state index contributed by atoms with van der Waals surface area (Å²) < 4.78 is 4.55. The van der Waals surface area contributed by atoms with Crippen LogP contribution in [0, 0.1) is 5.41 Å². The van der Waals surface area contributed by atoms with Crippen LogP contribution in [0.3, 0.4) is 0 Å². The summed E-state index contributed by atoms with van der Waals surface area (Å²) >= 11 is 0. The Hall–Kier alpha value is -0.850. The van der Waals surface area contributed by atoms with Crippen LogP contribution in [0.2, 0.25) is 0 Å². The van der Waals surface area contributed by atoms with Crippen molar-refractivity contribution in [2.75, 3.05) is 19.8 Å². The molecule has 0 aromatic carbocycles. The molecule has 0 heterocycles. The Labute approximate surface area is 75.9 Å². The van der Waals surface area contributed by atoms with Gasteiger partial charge in [0.15, 0.2) is 0 Å². The van der Waals surface area contributed by atoms with E-state index in [-0.39, 0.29) is 0 Å². The Morgan fingerprint density at radius 1 is 1.38 bits per heavy atom. The highest BCUT2D eigenvalue weighted by Crippen LogP contribution is 2.22. The van der Waals surface area contributed by atoms with Gasteiger partial charge in [-0.2, -0.15) is 0 Å². The van der Waals surface area contributed by atoms with Crippen molar-refractivity contribution in [3.8, 4) is 0 Å². The van der Waals surface area contributed by atoms with Gasteiger partial charge in [-0.3, -0.25) is 0 Å². The van der Waals surface area contributed by atoms with E-state index in [0.29, 0.717) is 0 Å². The molecule has 6 nitrogen and oxygen atoms in total. The molecule has 0 aromatic rings. The van der Waals surface area contributed by atoms with E-state index in [1.807, 2.05) is 0 Å². The van der Waals surface area contributed by atoms with E-state index in [1.165, 1.54) is 6.92 Å². The molecular formula is C7H15NO5. The van der Waals surface area contributed by atoms with E-state index in [9.17, 15) is 4.79 Å². The second-order valence-electron chi connectivity index (χ2n) is 2.92. The molecule has 13 heavy (non-hydrogen) atoms. The number of aliphatic hydroxyl groups excluding tert-OH is 3. The summed E-state index contributed by atoms with van der Waals surface area (Å²) in [6, 6.07) is 0. The third kappa shape index (κ3) is 2.83. The van der Waals surface area contributed by atoms with Gasteiger partial charge in [-0.15, -0.1) is 0 Å². The first kappa shape index (κ1) is 12.2. The van der Waals surface area contributed by atoms with Crippen molar-refractivity contribution >= 4 is 6.09 Å². The van der Waals surface area contributed by atoms with Crippen LogP contribution in [0.4, 0.5) is 4.79 Å². The van der Waals surface area contributed by atoms with Crippen LogP contribution in [0.5, 0.6) is 0 Å². The van der Waals surface area contributed by atoms with Crippen molar-refractivity contribution in [3.63, 3.8) is 0 Å². The van der Waals surface area contributed by atoms with Crippen LogP contribution in [0.15, 0.2) is 0 Å². The maximum atomic E-state index is 10.4. The van der Waals surface area contributed by atoms with Gasteiger partial charge in [-0.1, -0.05) is 0 Å². The van der Waals surface area contributed by atoms with Crippen LogP contribution in [-0.4, -0.2) is 47.3 Å². The molecule has 0 spiro atoms. The molecule has 78 valence electrons. The second-order valence-corrected chi connectivity index (χ2v) is 2.92. The lowest BCUT2D eigenvalue weighted by Gasteiger charge is -2.32. The van der Waals surface area contributed by atoms with Crippen molar-refractivity contribution in [1.29, 1.82) is 0 Å². The number of ether oxygens (including phenoxy) is 1. The zero-order valence-corrected chi connectivity index (χ0v) is 7.43. The molecule has 0 fully saturated rings. The Morgan fingerprint density at radius 2 is 1.77 bits per heavy atom. The van der Waals surface area contributed by atoms with E-state index < -0.39 is 37.4 Å². The highest BCUT2D eigenvalue weighted by atomic mass is 16.6. The minimum Gasteiger partial charge on any atom is -0.446 e. The number of amides is 1. The molecule has 0 aliphatic carbocycles. The van der Waals surface area contributed by atoms with Gasteiger partial charge >= 0.3 is 6.09 Å². The summed E-state index contributed by atoms with van der Waals surface area (Å²) in [7, 11) is 0. The van der Waals surface area contributed by atoms with Gasteiger partial charge in [-0.25, -0.2) is 4.79 Å². The number of hydrogen-bond acceptors (Lipinski definition) is 5. The summed E-state index contributed by atoms with van der Waals surface area (Å²) in [5.41, 5.74) is 3.51. The molecular weight excluding hydrogens is 178 g/mol. The average Bonchev–Trinajstić information content (AvgIpc) is 2.07. The molecule has 1 unspecified atom stereocenters. The lowest BCUT2D eigenvalue weighted by Crippen LogP contribution is -2.46. The zero-order valence-electron chi connectivity index (χ0n) is 7.43. The molecule has 0 radical (unpaired) electrons. The standard InChI is InChI=1S/C7H15NO5/c1-5(13-6(8)12)7(2-9,3-10)4-11/h5,9-11H,2-4H2,1H3,(H2,8,12). The number of nitrogens with two attached hydrogens (primary N) is 1. The Morgan fingerprint density at radius 3 is 2.00 bits per heavy atom. The Bertz CT molecular complexity index is 160. The van der Waals surface area contributed by atoms with E-state index in [2.05, 4.69) is 4.74 Å². The van der Waals surface area contributed by atoms with Crippen molar-refractivity contribution < 1.29 is 24.9 Å². The van der Waals surface area contributed by atoms with Crippen LogP contribution in [0.1, 0.15) is 6.92 Å². The monoisotopic (exact) mass is 193 g/mol. The Balaban J connectivity index is 4.43. The topological polar surface area (TPSA) is 113 Å². The highest BCUT2D eigenvalue weighted by molar-refractivity contribution is 5.64. The van der Waals surface area contributed by atoms with Gasteiger partial charge < -0.3 is 25.8 Å². The summed E-state index contributed by atoms with van der Waals surface area (Å²) in [5, 5.41) is 26.7. The molecule has 0 aromatic heterocycles. The summed E-state index contributed by atoms with van der Waals surface area (Å²) in [5.74, 6) is 0. The lowest BCUT2D eigenvalue weighted by atomic mass is 9.85. The fourth-order valence-corrected chi connectivity index (χ4v) is 0.835. The quantitative estimate of drug-likeness (QED) is 0.421. The van der Waals surface area contributed by atoms with Gasteiger partial charge in [0.1, 0.15) is 6.10 Å². The third-order valence-corrected chi connectivity index (χ3v) is 2.10. The van der Waals surface area contributed by atoms with Gasteiger partial charge in [0, 0.05) is 0 Å². The lowest BCUT2D eigenvalue weighted by molar-refractivity contribution is -0.0775. The number of carbonyl (C=O) groups is 1. The number of primary amides is 1. The SMILES string of the molecule is CC(OC(N)=O)C(CO)(CO)CO. The average molecular weight is 193 g/mol. The van der Waals surface area contributed by atoms with Crippen molar-refractivity contribution in [3.05, 3.63) is 0 Å². The number of rotatable bonds is 5. The number of hydrogen-bond donors (Lipinski definition) is 4. The minimum absolute atomic E-state index is 0.492. The minimum atomic E-state index is -1.24. The molecule has 0 saturated carbocycles. The third-order valence-electron chi connectivity index (χ3n) is 2.10. The van der Waals surface area contributed by atoms with Gasteiger partial charge in [0.2, 0.25) is 0 Å². The fourth-order valence-electron chi connectivity index (χ4n) is 0.835. The molecule has 0 aliphatic heterocycles. The molecule has 1 atom stereocenters. The zero-order chi connectivity index (χ0) is 10.5. The predicted octanol–water partition coefficient (Wildman–Crippen LogP) is -1.57. The number of aliphatic hydroxyl groups is 3. The van der Waals surface area contributed by atoms with Gasteiger partial charge in [0.25, 0.3) is 0 Å². The maximum absolute atomic E-state index is 10.4. The van der Waals surface area contributed by atoms with E-state index in [4.69, 9.17) is 21.1 Å². The molecule has 1 amide bonds. The summed E-state index contributed by atoms with van der Waals surface area (Å²) in [6.45, 7) is -0.0369. The van der Waals surface area contributed by atoms with Gasteiger partial charge in [0.05, 0.1) is 25.2 Å². The normalized spacial score (nSPS) is 13.8. The molecule has 5 N–H and O–H groups in total. The summed E-state index contributed by atoms with van der Waals surface area (Å²) in [6.07, 6.45) is -1.85. The fraction of sp³-hybridized carbons (Fsp3) is 0.857. The van der Waals surface area contributed by atoms with Crippen molar-refractivity contribution in [1.82, 2.24) is 0 Å². The van der Waals surface area contributed by atoms with E-state index >= 15 is 0 Å². The van der Waals surface area contributed by atoms with Gasteiger partial charge in [-0.05, 0) is 6.92 Å². The van der Waals surface area contributed by atoms with Crippen LogP contribution in [-0.2, 0) is 4.74 Å². The van der Waals surface area contributed by atoms with E-state index in [1.54, 1.807) is 0 Å². The first-order chi connectivity index (χ1) is 6.02. The Kier molecular flexibility index (Phi) is 4.68. The molecule has 0 bridgehead atoms. The summed E-state index contributed by atoms with van der Waals surface area (Å²) in [4.78, 5) is 10.4. The van der Waals surface area contributed by atoms with Crippen molar-refractivity contribution in [2.24, 2.45) is 11.1 Å². The van der Waals surface area contributed by atoms with Crippen LogP contribution < -0.4 is 5.73 Å². The first-order valence-corrected chi connectivity index (χ1v) is 3.81. The predicted molar refractivity (Wildman–Crippen MR) is 43.8 cm³/mol. The van der Waals surface area contributed by atoms with Crippen LogP contribution in [0.25, 0.3) is 0 Å². The smallest absolute Gasteiger partial charge is 0.404 e. The molecule has 0 rings (SSSR count). The largest absolute Gasteiger partial charge is 0.446 e. The molecule has 0 aliphatic rings. The molecule has 6 heteroatoms. The second kappa shape index (κ2) is 5.00. The first-order valence-electron chi connectivity index (χ1n) is 3.81. The maximum Gasteiger partial charge on any atom is 0.404 e. The van der Waals surface area contributed by atoms with Crippen LogP contribution >= 0.6 is 0 Å². The number of carbonyl (C=O) groups excluding carboxylic acids is 1. The van der Waals surface area contributed by atoms with Crippen molar-refractivity contribution in [2.45, 2.75) is 13.0 Å². The van der Waals surface area contributed by atoms with E-state index in [0.717, 1.165) is 0 Å².